The average Bonchev–Trinajstić information content (AvgIpc) is 3.53. The Kier molecular flexibility index (Phi) is 7.13. The first-order valence-electron chi connectivity index (χ1n) is 16.4. The second-order valence-corrected chi connectivity index (χ2v) is 11.9. The van der Waals surface area contributed by atoms with Crippen LogP contribution in [0.4, 0.5) is 0 Å². The maximum Gasteiger partial charge on any atom is 0.268 e. The smallest absolute Gasteiger partial charge is 0.268 e. The van der Waals surface area contributed by atoms with Crippen molar-refractivity contribution in [1.82, 2.24) is 29.1 Å². The molecule has 0 unspecified atom stereocenters. The molecule has 7 heteroatoms. The van der Waals surface area contributed by atoms with Gasteiger partial charge < -0.3 is 0 Å². The summed E-state index contributed by atoms with van der Waals surface area (Å²) in [6.07, 6.45) is 0. The summed E-state index contributed by atoms with van der Waals surface area (Å²) < 4.78 is 3.78. The predicted molar refractivity (Wildman–Crippen MR) is 199 cm³/mol. The topological polar surface area (TPSA) is 78.5 Å². The molecule has 50 heavy (non-hydrogen) atoms. The van der Waals surface area contributed by atoms with Gasteiger partial charge in [0.05, 0.1) is 16.6 Å². The number of para-hydroxylation sites is 3. The van der Waals surface area contributed by atoms with Gasteiger partial charge in [-0.15, -0.1) is 0 Å². The number of aromatic nitrogens is 6. The molecular formula is C43H28N6O. The van der Waals surface area contributed by atoms with Crippen molar-refractivity contribution in [3.05, 3.63) is 180 Å². The minimum absolute atomic E-state index is 0.148. The molecule has 0 saturated heterocycles. The van der Waals surface area contributed by atoms with Gasteiger partial charge in [-0.3, -0.25) is 13.9 Å². The normalized spacial score (nSPS) is 11.3. The predicted octanol–water partition coefficient (Wildman–Crippen LogP) is 9.18. The monoisotopic (exact) mass is 644 g/mol. The van der Waals surface area contributed by atoms with Crippen molar-refractivity contribution in [2.45, 2.75) is 0 Å². The van der Waals surface area contributed by atoms with Crippen LogP contribution in [0.3, 0.4) is 0 Å². The van der Waals surface area contributed by atoms with Gasteiger partial charge >= 0.3 is 0 Å². The van der Waals surface area contributed by atoms with Crippen LogP contribution in [0.15, 0.2) is 175 Å². The molecule has 0 aliphatic rings. The summed E-state index contributed by atoms with van der Waals surface area (Å²) in [5.74, 6) is 2.18. The molecule has 0 N–H and O–H groups in total. The first kappa shape index (κ1) is 29.2. The Bertz CT molecular complexity index is 2650. The second kappa shape index (κ2) is 12.2. The molecule has 3 heterocycles. The van der Waals surface area contributed by atoms with Crippen molar-refractivity contribution in [1.29, 1.82) is 0 Å². The summed E-state index contributed by atoms with van der Waals surface area (Å²) >= 11 is 0. The zero-order chi connectivity index (χ0) is 33.4. The molecule has 236 valence electrons. The summed E-state index contributed by atoms with van der Waals surface area (Å²) in [6.45, 7) is 0. The fraction of sp³-hybridized carbons (Fsp3) is 0. The molecule has 6 aromatic carbocycles. The molecule has 0 amide bonds. The number of nitrogens with zero attached hydrogens (tertiary/aromatic N) is 6. The number of benzene rings is 6. The zero-order valence-corrected chi connectivity index (χ0v) is 26.8. The van der Waals surface area contributed by atoms with Crippen molar-refractivity contribution < 1.29 is 0 Å². The van der Waals surface area contributed by atoms with E-state index in [1.807, 2.05) is 170 Å². The van der Waals surface area contributed by atoms with Crippen LogP contribution in [0.2, 0.25) is 0 Å². The third-order valence-electron chi connectivity index (χ3n) is 8.80. The lowest BCUT2D eigenvalue weighted by Gasteiger charge is -2.15. The zero-order valence-electron chi connectivity index (χ0n) is 26.8. The van der Waals surface area contributed by atoms with E-state index in [9.17, 15) is 4.79 Å². The SMILES string of the molecule is O=c1c2c3ccccc3n(-c3ccccc3)c2nc(-c2cccc(-c3nc(-c4ccccc4)nc(-c4ccccc4)n3)c2)n1-c1ccccc1. The summed E-state index contributed by atoms with van der Waals surface area (Å²) in [6, 6.07) is 55.4. The van der Waals surface area contributed by atoms with Crippen molar-refractivity contribution >= 4 is 21.9 Å². The van der Waals surface area contributed by atoms with E-state index in [0.717, 1.165) is 44.5 Å². The molecule has 0 saturated carbocycles. The molecule has 9 aromatic rings. The molecule has 0 aliphatic heterocycles. The number of rotatable bonds is 6. The van der Waals surface area contributed by atoms with E-state index in [-0.39, 0.29) is 5.56 Å². The Labute approximate surface area is 287 Å². The lowest BCUT2D eigenvalue weighted by molar-refractivity contribution is 0.965. The molecule has 7 nitrogen and oxygen atoms in total. The third kappa shape index (κ3) is 5.05. The minimum Gasteiger partial charge on any atom is -0.294 e. The number of hydrogen-bond donors (Lipinski definition) is 0. The maximum absolute atomic E-state index is 14.8. The van der Waals surface area contributed by atoms with Gasteiger partial charge in [0, 0.05) is 33.3 Å². The van der Waals surface area contributed by atoms with Crippen LogP contribution in [0.1, 0.15) is 0 Å². The minimum atomic E-state index is -0.148. The third-order valence-corrected chi connectivity index (χ3v) is 8.80. The fourth-order valence-electron chi connectivity index (χ4n) is 6.49. The Balaban J connectivity index is 1.31. The van der Waals surface area contributed by atoms with E-state index >= 15 is 0 Å². The first-order valence-corrected chi connectivity index (χ1v) is 16.4. The molecule has 0 bridgehead atoms. The first-order chi connectivity index (χ1) is 24.7. The maximum atomic E-state index is 14.8. The van der Waals surface area contributed by atoms with Gasteiger partial charge in [0.25, 0.3) is 5.56 Å². The Hall–Kier alpha value is -6.99. The van der Waals surface area contributed by atoms with Crippen LogP contribution in [0.5, 0.6) is 0 Å². The van der Waals surface area contributed by atoms with E-state index in [1.165, 1.54) is 0 Å². The molecule has 0 radical (unpaired) electrons. The van der Waals surface area contributed by atoms with Crippen LogP contribution < -0.4 is 5.56 Å². The van der Waals surface area contributed by atoms with Gasteiger partial charge in [-0.2, -0.15) is 0 Å². The highest BCUT2D eigenvalue weighted by molar-refractivity contribution is 6.08. The van der Waals surface area contributed by atoms with E-state index in [2.05, 4.69) is 4.57 Å². The van der Waals surface area contributed by atoms with E-state index in [1.54, 1.807) is 4.57 Å². The van der Waals surface area contributed by atoms with Crippen molar-refractivity contribution in [2.75, 3.05) is 0 Å². The highest BCUT2D eigenvalue weighted by Gasteiger charge is 2.22. The fourth-order valence-corrected chi connectivity index (χ4v) is 6.49. The largest absolute Gasteiger partial charge is 0.294 e. The van der Waals surface area contributed by atoms with Gasteiger partial charge in [0.1, 0.15) is 5.82 Å². The van der Waals surface area contributed by atoms with E-state index in [0.29, 0.717) is 34.3 Å². The van der Waals surface area contributed by atoms with Crippen LogP contribution in [-0.2, 0) is 0 Å². The van der Waals surface area contributed by atoms with Gasteiger partial charge in [-0.25, -0.2) is 19.9 Å². The van der Waals surface area contributed by atoms with Gasteiger partial charge in [0.15, 0.2) is 23.1 Å². The highest BCUT2D eigenvalue weighted by atomic mass is 16.1. The Morgan fingerprint density at radius 3 is 1.46 bits per heavy atom. The van der Waals surface area contributed by atoms with Crippen LogP contribution in [-0.4, -0.2) is 29.1 Å². The van der Waals surface area contributed by atoms with Crippen molar-refractivity contribution in [3.8, 4) is 56.9 Å². The Morgan fingerprint density at radius 1 is 0.400 bits per heavy atom. The second-order valence-electron chi connectivity index (χ2n) is 11.9. The molecule has 9 rings (SSSR count). The summed E-state index contributed by atoms with van der Waals surface area (Å²) in [5, 5.41) is 1.41. The van der Waals surface area contributed by atoms with Gasteiger partial charge in [-0.1, -0.05) is 133 Å². The summed E-state index contributed by atoms with van der Waals surface area (Å²) in [5.41, 5.74) is 6.31. The lowest BCUT2D eigenvalue weighted by Crippen LogP contribution is -2.22. The van der Waals surface area contributed by atoms with E-state index in [4.69, 9.17) is 19.9 Å². The molecule has 0 spiro atoms. The van der Waals surface area contributed by atoms with Crippen molar-refractivity contribution in [3.63, 3.8) is 0 Å². The number of hydrogen-bond acceptors (Lipinski definition) is 5. The molecule has 0 atom stereocenters. The molecule has 0 aliphatic carbocycles. The van der Waals surface area contributed by atoms with Crippen molar-refractivity contribution in [2.24, 2.45) is 0 Å². The number of fused-ring (bicyclic) bond motifs is 3. The average molecular weight is 645 g/mol. The highest BCUT2D eigenvalue weighted by Crippen LogP contribution is 2.33. The lowest BCUT2D eigenvalue weighted by atomic mass is 10.1. The quantitative estimate of drug-likeness (QED) is 0.180. The summed E-state index contributed by atoms with van der Waals surface area (Å²) in [7, 11) is 0. The Morgan fingerprint density at radius 2 is 0.860 bits per heavy atom. The van der Waals surface area contributed by atoms with Gasteiger partial charge in [-0.05, 0) is 36.4 Å². The molecular weight excluding hydrogens is 617 g/mol. The van der Waals surface area contributed by atoms with E-state index < -0.39 is 0 Å². The van der Waals surface area contributed by atoms with Crippen LogP contribution in [0.25, 0.3) is 78.9 Å². The van der Waals surface area contributed by atoms with Crippen LogP contribution in [0, 0.1) is 0 Å². The van der Waals surface area contributed by atoms with Gasteiger partial charge in [0.2, 0.25) is 0 Å². The standard InChI is InChI=1S/C43H28N6O/c50-43-37-35-26-13-14-27-36(35)48(33-22-9-3-10-23-33)42(37)47-41(49(43)34-24-11-4-12-25-34)32-21-15-20-31(28-32)40-45-38(29-16-5-1-6-17-29)44-39(46-40)30-18-7-2-8-19-30/h1-28H. The molecule has 3 aromatic heterocycles. The van der Waals surface area contributed by atoms with Crippen LogP contribution >= 0.6 is 0 Å². The summed E-state index contributed by atoms with van der Waals surface area (Å²) in [4.78, 5) is 34.9. The molecule has 0 fully saturated rings.